The molecule has 1 aliphatic carbocycles. The summed E-state index contributed by atoms with van der Waals surface area (Å²) in [5.74, 6) is 0.201. The van der Waals surface area contributed by atoms with Gasteiger partial charge in [-0.05, 0) is 37.9 Å². The largest absolute Gasteiger partial charge is 0.376 e. The summed E-state index contributed by atoms with van der Waals surface area (Å²) >= 11 is 5.09. The molecule has 3 N–H and O–H groups in total. The lowest BCUT2D eigenvalue weighted by Crippen LogP contribution is -2.49. The first-order valence-electron chi connectivity index (χ1n) is 6.71. The summed E-state index contributed by atoms with van der Waals surface area (Å²) in [5, 5.41) is 3.51. The van der Waals surface area contributed by atoms with Crippen molar-refractivity contribution in [1.82, 2.24) is 16.2 Å². The SMILES string of the molecule is O=C(NNC(=S)NCC1CCCO1)C1CCCC1. The summed E-state index contributed by atoms with van der Waals surface area (Å²) in [6.07, 6.45) is 6.72. The molecule has 1 atom stereocenters. The number of hydrogen-bond acceptors (Lipinski definition) is 3. The molecule has 1 unspecified atom stereocenters. The standard InChI is InChI=1S/C12H21N3O2S/c16-11(9-4-1-2-5-9)14-15-12(18)13-8-10-6-3-7-17-10/h9-10H,1-8H2,(H,14,16)(H2,13,15,18). The molecule has 0 bridgehead atoms. The maximum absolute atomic E-state index is 11.7. The lowest BCUT2D eigenvalue weighted by Gasteiger charge is -2.16. The van der Waals surface area contributed by atoms with Gasteiger partial charge in [0.2, 0.25) is 5.91 Å². The number of amides is 1. The van der Waals surface area contributed by atoms with Crippen LogP contribution in [0.5, 0.6) is 0 Å². The number of carbonyl (C=O) groups excluding carboxylic acids is 1. The van der Waals surface area contributed by atoms with E-state index in [4.69, 9.17) is 17.0 Å². The molecule has 6 heteroatoms. The molecule has 18 heavy (non-hydrogen) atoms. The van der Waals surface area contributed by atoms with Gasteiger partial charge in [0, 0.05) is 19.1 Å². The van der Waals surface area contributed by atoms with E-state index in [9.17, 15) is 4.79 Å². The van der Waals surface area contributed by atoms with Crippen LogP contribution in [-0.4, -0.2) is 30.3 Å². The summed E-state index contributed by atoms with van der Waals surface area (Å²) in [4.78, 5) is 11.7. The van der Waals surface area contributed by atoms with Gasteiger partial charge in [-0.15, -0.1) is 0 Å². The van der Waals surface area contributed by atoms with Crippen LogP contribution in [0.15, 0.2) is 0 Å². The number of hydrogen-bond donors (Lipinski definition) is 3. The molecule has 0 spiro atoms. The number of ether oxygens (including phenoxy) is 1. The van der Waals surface area contributed by atoms with Crippen molar-refractivity contribution >= 4 is 23.2 Å². The number of thiocarbonyl (C=S) groups is 1. The topological polar surface area (TPSA) is 62.4 Å². The van der Waals surface area contributed by atoms with Crippen molar-refractivity contribution in [2.24, 2.45) is 5.92 Å². The Balaban J connectivity index is 1.57. The van der Waals surface area contributed by atoms with Gasteiger partial charge in [-0.25, -0.2) is 0 Å². The summed E-state index contributed by atoms with van der Waals surface area (Å²) in [7, 11) is 0. The van der Waals surface area contributed by atoms with E-state index >= 15 is 0 Å². The zero-order valence-corrected chi connectivity index (χ0v) is 11.4. The molecular formula is C12H21N3O2S. The monoisotopic (exact) mass is 271 g/mol. The van der Waals surface area contributed by atoms with E-state index < -0.39 is 0 Å². The van der Waals surface area contributed by atoms with Gasteiger partial charge >= 0.3 is 0 Å². The zero-order valence-electron chi connectivity index (χ0n) is 10.5. The lowest BCUT2D eigenvalue weighted by atomic mass is 10.1. The Labute approximate surface area is 113 Å². The van der Waals surface area contributed by atoms with E-state index in [1.165, 1.54) is 0 Å². The van der Waals surface area contributed by atoms with Crippen LogP contribution < -0.4 is 16.2 Å². The van der Waals surface area contributed by atoms with E-state index in [1.54, 1.807) is 0 Å². The van der Waals surface area contributed by atoms with E-state index in [-0.39, 0.29) is 17.9 Å². The second-order valence-corrected chi connectivity index (χ2v) is 5.35. The van der Waals surface area contributed by atoms with Gasteiger partial charge in [0.15, 0.2) is 5.11 Å². The summed E-state index contributed by atoms with van der Waals surface area (Å²) in [6.45, 7) is 1.54. The second kappa shape index (κ2) is 6.89. The smallest absolute Gasteiger partial charge is 0.241 e. The van der Waals surface area contributed by atoms with E-state index in [0.29, 0.717) is 11.7 Å². The normalized spacial score (nSPS) is 23.9. The first-order chi connectivity index (χ1) is 8.75. The molecule has 2 fully saturated rings. The molecule has 0 aromatic heterocycles. The molecule has 2 aliphatic rings. The zero-order chi connectivity index (χ0) is 12.8. The van der Waals surface area contributed by atoms with Crippen molar-refractivity contribution in [3.05, 3.63) is 0 Å². The highest BCUT2D eigenvalue weighted by molar-refractivity contribution is 7.80. The van der Waals surface area contributed by atoms with Gasteiger partial charge in [0.1, 0.15) is 0 Å². The maximum atomic E-state index is 11.7. The minimum atomic E-state index is 0.0498. The number of carbonyl (C=O) groups is 1. The summed E-state index contributed by atoms with van der Waals surface area (Å²) in [6, 6.07) is 0. The number of rotatable bonds is 3. The average Bonchev–Trinajstić information content (AvgIpc) is 3.05. The Morgan fingerprint density at radius 2 is 1.94 bits per heavy atom. The van der Waals surface area contributed by atoms with Gasteiger partial charge in [0.05, 0.1) is 6.10 Å². The first-order valence-corrected chi connectivity index (χ1v) is 7.12. The Morgan fingerprint density at radius 3 is 2.61 bits per heavy atom. The highest BCUT2D eigenvalue weighted by atomic mass is 32.1. The van der Waals surface area contributed by atoms with E-state index in [2.05, 4.69) is 16.2 Å². The first kappa shape index (κ1) is 13.5. The Hall–Kier alpha value is -0.880. The third kappa shape index (κ3) is 4.10. The quantitative estimate of drug-likeness (QED) is 0.525. The van der Waals surface area contributed by atoms with Crippen LogP contribution in [-0.2, 0) is 9.53 Å². The van der Waals surface area contributed by atoms with Crippen molar-refractivity contribution in [2.45, 2.75) is 44.6 Å². The molecule has 1 saturated heterocycles. The third-order valence-corrected chi connectivity index (χ3v) is 3.79. The number of nitrogens with one attached hydrogen (secondary N) is 3. The van der Waals surface area contributed by atoms with Crippen LogP contribution in [0.4, 0.5) is 0 Å². The second-order valence-electron chi connectivity index (χ2n) is 4.94. The van der Waals surface area contributed by atoms with Crippen molar-refractivity contribution in [2.75, 3.05) is 13.2 Å². The van der Waals surface area contributed by atoms with Gasteiger partial charge < -0.3 is 10.1 Å². The molecule has 1 heterocycles. The van der Waals surface area contributed by atoms with Gasteiger partial charge in [-0.2, -0.15) is 0 Å². The fraction of sp³-hybridized carbons (Fsp3) is 0.833. The van der Waals surface area contributed by atoms with Gasteiger partial charge in [-0.1, -0.05) is 12.8 Å². The lowest BCUT2D eigenvalue weighted by molar-refractivity contribution is -0.125. The molecule has 0 radical (unpaired) electrons. The molecule has 1 aliphatic heterocycles. The summed E-state index contributed by atoms with van der Waals surface area (Å²) in [5.41, 5.74) is 5.41. The minimum absolute atomic E-state index is 0.0498. The fourth-order valence-electron chi connectivity index (χ4n) is 2.46. The summed E-state index contributed by atoms with van der Waals surface area (Å²) < 4.78 is 5.47. The molecule has 1 amide bonds. The van der Waals surface area contributed by atoms with Crippen LogP contribution in [0, 0.1) is 5.92 Å². The highest BCUT2D eigenvalue weighted by Crippen LogP contribution is 2.24. The van der Waals surface area contributed by atoms with Crippen LogP contribution in [0.25, 0.3) is 0 Å². The highest BCUT2D eigenvalue weighted by Gasteiger charge is 2.22. The predicted molar refractivity (Wildman–Crippen MR) is 72.8 cm³/mol. The van der Waals surface area contributed by atoms with Crippen molar-refractivity contribution in [3.63, 3.8) is 0 Å². The molecule has 0 aromatic rings. The molecule has 1 saturated carbocycles. The van der Waals surface area contributed by atoms with E-state index in [1.807, 2.05) is 0 Å². The Bertz CT molecular complexity index is 300. The molecular weight excluding hydrogens is 250 g/mol. The molecule has 0 aromatic carbocycles. The van der Waals surface area contributed by atoms with E-state index in [0.717, 1.165) is 45.1 Å². The minimum Gasteiger partial charge on any atom is -0.376 e. The molecule has 2 rings (SSSR count). The van der Waals surface area contributed by atoms with Gasteiger partial charge in [-0.3, -0.25) is 15.6 Å². The van der Waals surface area contributed by atoms with Crippen LogP contribution in [0.3, 0.4) is 0 Å². The fourth-order valence-corrected chi connectivity index (χ4v) is 2.60. The van der Waals surface area contributed by atoms with Crippen molar-refractivity contribution in [3.8, 4) is 0 Å². The van der Waals surface area contributed by atoms with Crippen molar-refractivity contribution in [1.29, 1.82) is 0 Å². The van der Waals surface area contributed by atoms with Crippen LogP contribution in [0.2, 0.25) is 0 Å². The third-order valence-electron chi connectivity index (χ3n) is 3.54. The maximum Gasteiger partial charge on any atom is 0.241 e. The van der Waals surface area contributed by atoms with Crippen LogP contribution >= 0.6 is 12.2 Å². The predicted octanol–water partition coefficient (Wildman–Crippen LogP) is 0.851. The van der Waals surface area contributed by atoms with Gasteiger partial charge in [0.25, 0.3) is 0 Å². The molecule has 5 nitrogen and oxygen atoms in total. The Kier molecular flexibility index (Phi) is 5.19. The molecule has 102 valence electrons. The number of hydrazine groups is 1. The average molecular weight is 271 g/mol. The van der Waals surface area contributed by atoms with Crippen molar-refractivity contribution < 1.29 is 9.53 Å². The Morgan fingerprint density at radius 1 is 1.17 bits per heavy atom. The van der Waals surface area contributed by atoms with Crippen LogP contribution in [0.1, 0.15) is 38.5 Å².